The van der Waals surface area contributed by atoms with E-state index in [-0.39, 0.29) is 17.2 Å². The molecule has 1 unspecified atom stereocenters. The van der Waals surface area contributed by atoms with Crippen LogP contribution in [-0.4, -0.2) is 31.6 Å². The maximum atomic E-state index is 13.5. The van der Waals surface area contributed by atoms with Gasteiger partial charge in [-0.3, -0.25) is 4.79 Å². The molecule has 1 aliphatic heterocycles. The molecule has 0 spiro atoms. The zero-order chi connectivity index (χ0) is 13.2. The van der Waals surface area contributed by atoms with Gasteiger partial charge < -0.3 is 15.4 Å². The maximum absolute atomic E-state index is 13.5. The number of carbonyl (C=O) groups is 1. The van der Waals surface area contributed by atoms with Gasteiger partial charge in [-0.2, -0.15) is 0 Å². The largest absolute Gasteiger partial charge is 0.494 e. The third-order valence-corrected chi connectivity index (χ3v) is 3.20. The van der Waals surface area contributed by atoms with Gasteiger partial charge in [-0.1, -0.05) is 0 Å². The minimum Gasteiger partial charge on any atom is -0.494 e. The molecule has 1 saturated heterocycles. The summed E-state index contributed by atoms with van der Waals surface area (Å²) in [4.78, 5) is 12.0. The van der Waals surface area contributed by atoms with E-state index in [1.165, 1.54) is 19.2 Å². The van der Waals surface area contributed by atoms with Gasteiger partial charge in [-0.25, -0.2) is 4.39 Å². The summed E-state index contributed by atoms with van der Waals surface area (Å²) in [6, 6.07) is 4.21. The first-order chi connectivity index (χ1) is 8.54. The fraction of sp³-hybridized carbons (Fsp3) is 0.462. The number of carbonyl (C=O) groups excluding carboxylic acids is 1. The number of hydrogen-bond donors (Lipinski definition) is 2. The number of rotatable bonds is 3. The lowest BCUT2D eigenvalue weighted by molar-refractivity contribution is 0.0912. The molecule has 5 heteroatoms. The number of amides is 1. The minimum atomic E-state index is -0.528. The van der Waals surface area contributed by atoms with Crippen LogP contribution in [-0.2, 0) is 0 Å². The number of nitrogens with one attached hydrogen (secondary N) is 2. The average molecular weight is 252 g/mol. The molecule has 98 valence electrons. The number of halogens is 1. The highest BCUT2D eigenvalue weighted by Gasteiger charge is 2.30. The van der Waals surface area contributed by atoms with Crippen LogP contribution >= 0.6 is 0 Å². The molecule has 1 atom stereocenters. The van der Waals surface area contributed by atoms with Crippen molar-refractivity contribution in [2.75, 3.05) is 20.2 Å². The van der Waals surface area contributed by atoms with Crippen LogP contribution in [0.25, 0.3) is 0 Å². The molecule has 1 aromatic carbocycles. The summed E-state index contributed by atoms with van der Waals surface area (Å²) in [5.41, 5.74) is 0.0504. The van der Waals surface area contributed by atoms with Crippen molar-refractivity contribution < 1.29 is 13.9 Å². The van der Waals surface area contributed by atoms with E-state index in [4.69, 9.17) is 4.74 Å². The van der Waals surface area contributed by atoms with E-state index in [1.807, 2.05) is 6.92 Å². The lowest BCUT2D eigenvalue weighted by atomic mass is 10.0. The summed E-state index contributed by atoms with van der Waals surface area (Å²) in [6.07, 6.45) is 0.872. The molecule has 2 N–H and O–H groups in total. The molecule has 1 aromatic rings. The normalized spacial score (nSPS) is 22.8. The molecule has 2 rings (SSSR count). The molecule has 0 aliphatic carbocycles. The molecule has 18 heavy (non-hydrogen) atoms. The molecular weight excluding hydrogens is 235 g/mol. The van der Waals surface area contributed by atoms with Crippen LogP contribution in [0.3, 0.4) is 0 Å². The van der Waals surface area contributed by atoms with Crippen LogP contribution in [0.15, 0.2) is 18.2 Å². The SMILES string of the molecule is COc1ccc(C(=O)NC2(C)CCNC2)cc1F. The molecule has 0 aromatic heterocycles. The Morgan fingerprint density at radius 3 is 2.89 bits per heavy atom. The molecule has 1 aliphatic rings. The molecule has 4 nitrogen and oxygen atoms in total. The Hall–Kier alpha value is -1.62. The molecule has 1 fully saturated rings. The summed E-state index contributed by atoms with van der Waals surface area (Å²) >= 11 is 0. The molecule has 1 heterocycles. The van der Waals surface area contributed by atoms with E-state index in [0.717, 1.165) is 19.5 Å². The average Bonchev–Trinajstić information content (AvgIpc) is 2.75. The summed E-state index contributed by atoms with van der Waals surface area (Å²) < 4.78 is 18.3. The fourth-order valence-corrected chi connectivity index (χ4v) is 2.08. The molecule has 0 saturated carbocycles. The van der Waals surface area contributed by atoms with E-state index >= 15 is 0 Å². The number of ether oxygens (including phenoxy) is 1. The smallest absolute Gasteiger partial charge is 0.251 e. The monoisotopic (exact) mass is 252 g/mol. The Morgan fingerprint density at radius 2 is 2.33 bits per heavy atom. The van der Waals surface area contributed by atoms with Gasteiger partial charge in [0.25, 0.3) is 5.91 Å². The van der Waals surface area contributed by atoms with Gasteiger partial charge in [-0.15, -0.1) is 0 Å². The molecule has 1 amide bonds. The Labute approximate surface area is 106 Å². The predicted molar refractivity (Wildman–Crippen MR) is 66.3 cm³/mol. The molecular formula is C13H17FN2O2. The highest BCUT2D eigenvalue weighted by atomic mass is 19.1. The van der Waals surface area contributed by atoms with Gasteiger partial charge in [0.05, 0.1) is 12.6 Å². The van der Waals surface area contributed by atoms with Gasteiger partial charge >= 0.3 is 0 Å². The van der Waals surface area contributed by atoms with Crippen molar-refractivity contribution in [2.24, 2.45) is 0 Å². The number of benzene rings is 1. The van der Waals surface area contributed by atoms with Crippen LogP contribution in [0.2, 0.25) is 0 Å². The standard InChI is InChI=1S/C13H17FN2O2/c1-13(5-6-15-8-13)16-12(17)9-3-4-11(18-2)10(14)7-9/h3-4,7,15H,5-6,8H2,1-2H3,(H,16,17). The zero-order valence-electron chi connectivity index (χ0n) is 10.5. The second kappa shape index (κ2) is 4.94. The topological polar surface area (TPSA) is 50.4 Å². The molecule has 0 radical (unpaired) electrons. The Balaban J connectivity index is 2.11. The fourth-order valence-electron chi connectivity index (χ4n) is 2.08. The van der Waals surface area contributed by atoms with Crippen LogP contribution in [0.1, 0.15) is 23.7 Å². The maximum Gasteiger partial charge on any atom is 0.251 e. The Bertz CT molecular complexity index is 456. The van der Waals surface area contributed by atoms with Crippen molar-refractivity contribution in [3.63, 3.8) is 0 Å². The van der Waals surface area contributed by atoms with E-state index < -0.39 is 5.82 Å². The van der Waals surface area contributed by atoms with Crippen molar-refractivity contribution in [3.8, 4) is 5.75 Å². The van der Waals surface area contributed by atoms with E-state index in [9.17, 15) is 9.18 Å². The van der Waals surface area contributed by atoms with Crippen LogP contribution in [0.5, 0.6) is 5.75 Å². The van der Waals surface area contributed by atoms with E-state index in [0.29, 0.717) is 5.56 Å². The van der Waals surface area contributed by atoms with Crippen LogP contribution in [0.4, 0.5) is 4.39 Å². The van der Waals surface area contributed by atoms with Crippen LogP contribution in [0, 0.1) is 5.82 Å². The minimum absolute atomic E-state index is 0.139. The summed E-state index contributed by atoms with van der Waals surface area (Å²) in [5, 5.41) is 6.12. The number of hydrogen-bond acceptors (Lipinski definition) is 3. The summed E-state index contributed by atoms with van der Waals surface area (Å²) in [6.45, 7) is 3.59. The first-order valence-electron chi connectivity index (χ1n) is 5.91. The first-order valence-corrected chi connectivity index (χ1v) is 5.91. The van der Waals surface area contributed by atoms with Crippen molar-refractivity contribution in [1.29, 1.82) is 0 Å². The summed E-state index contributed by atoms with van der Waals surface area (Å²) in [5.74, 6) is -0.650. The van der Waals surface area contributed by atoms with E-state index in [2.05, 4.69) is 10.6 Å². The molecule has 0 bridgehead atoms. The zero-order valence-corrected chi connectivity index (χ0v) is 10.5. The first kappa shape index (κ1) is 12.8. The Kier molecular flexibility index (Phi) is 3.52. The van der Waals surface area contributed by atoms with Crippen molar-refractivity contribution in [2.45, 2.75) is 18.9 Å². The van der Waals surface area contributed by atoms with Gasteiger partial charge in [0.1, 0.15) is 0 Å². The lowest BCUT2D eigenvalue weighted by Gasteiger charge is -2.24. The summed E-state index contributed by atoms with van der Waals surface area (Å²) in [7, 11) is 1.39. The second-order valence-electron chi connectivity index (χ2n) is 4.79. The predicted octanol–water partition coefficient (Wildman–Crippen LogP) is 1.32. The van der Waals surface area contributed by atoms with E-state index in [1.54, 1.807) is 6.07 Å². The lowest BCUT2D eigenvalue weighted by Crippen LogP contribution is -2.47. The third-order valence-electron chi connectivity index (χ3n) is 3.20. The van der Waals surface area contributed by atoms with Crippen molar-refractivity contribution in [1.82, 2.24) is 10.6 Å². The Morgan fingerprint density at radius 1 is 1.56 bits per heavy atom. The van der Waals surface area contributed by atoms with Crippen LogP contribution < -0.4 is 15.4 Å². The third kappa shape index (κ3) is 2.61. The quantitative estimate of drug-likeness (QED) is 0.853. The van der Waals surface area contributed by atoms with Gasteiger partial charge in [0.2, 0.25) is 0 Å². The van der Waals surface area contributed by atoms with Gasteiger partial charge in [-0.05, 0) is 38.1 Å². The van der Waals surface area contributed by atoms with Crippen molar-refractivity contribution in [3.05, 3.63) is 29.6 Å². The van der Waals surface area contributed by atoms with Gasteiger partial charge in [0, 0.05) is 12.1 Å². The highest BCUT2D eigenvalue weighted by Crippen LogP contribution is 2.19. The van der Waals surface area contributed by atoms with Gasteiger partial charge in [0.15, 0.2) is 11.6 Å². The highest BCUT2D eigenvalue weighted by molar-refractivity contribution is 5.94. The second-order valence-corrected chi connectivity index (χ2v) is 4.79. The number of methoxy groups -OCH3 is 1. The van der Waals surface area contributed by atoms with Crippen molar-refractivity contribution >= 4 is 5.91 Å².